The Kier molecular flexibility index (Phi) is 7.42. The van der Waals surface area contributed by atoms with Gasteiger partial charge < -0.3 is 14.6 Å². The van der Waals surface area contributed by atoms with Crippen molar-refractivity contribution in [2.45, 2.75) is 103 Å². The quantitative estimate of drug-likeness (QED) is 0.423. The van der Waals surface area contributed by atoms with Gasteiger partial charge in [0.2, 0.25) is 0 Å². The fourth-order valence-corrected chi connectivity index (χ4v) is 6.78. The summed E-state index contributed by atoms with van der Waals surface area (Å²) in [6, 6.07) is 4.06. The molecule has 1 aromatic rings. The monoisotopic (exact) mass is 470 g/mol. The molecule has 1 aromatic carbocycles. The number of hydrogen-bond acceptors (Lipinski definition) is 5. The van der Waals surface area contributed by atoms with E-state index in [0.29, 0.717) is 24.7 Å². The molecule has 34 heavy (non-hydrogen) atoms. The van der Waals surface area contributed by atoms with Crippen molar-refractivity contribution in [1.82, 2.24) is 0 Å². The van der Waals surface area contributed by atoms with Crippen molar-refractivity contribution in [3.8, 4) is 5.75 Å². The van der Waals surface area contributed by atoms with Crippen LogP contribution in [0.4, 0.5) is 0 Å². The number of cyclic esters (lactones) is 1. The van der Waals surface area contributed by atoms with E-state index in [4.69, 9.17) is 14.6 Å². The van der Waals surface area contributed by atoms with Crippen LogP contribution < -0.4 is 4.74 Å². The van der Waals surface area contributed by atoms with Crippen LogP contribution in [0, 0.1) is 24.7 Å². The van der Waals surface area contributed by atoms with Crippen molar-refractivity contribution in [1.29, 1.82) is 0 Å². The maximum absolute atomic E-state index is 13.6. The van der Waals surface area contributed by atoms with E-state index in [1.165, 1.54) is 25.7 Å². The Labute approximate surface area is 204 Å². The molecule has 3 fully saturated rings. The number of hydrogen-bond donors (Lipinski definition) is 1. The molecule has 2 aliphatic carbocycles. The van der Waals surface area contributed by atoms with Gasteiger partial charge in [-0.15, -0.1) is 0 Å². The molecule has 188 valence electrons. The number of rotatable bonds is 7. The van der Waals surface area contributed by atoms with Gasteiger partial charge in [-0.05, 0) is 79.0 Å². The van der Waals surface area contributed by atoms with Crippen molar-refractivity contribution < 1.29 is 24.2 Å². The first-order chi connectivity index (χ1) is 16.2. The summed E-state index contributed by atoms with van der Waals surface area (Å²) >= 11 is 0. The first-order valence-corrected chi connectivity index (χ1v) is 13.3. The molecular formula is C29H42O5. The van der Waals surface area contributed by atoms with Gasteiger partial charge in [0.1, 0.15) is 23.9 Å². The zero-order chi connectivity index (χ0) is 24.5. The van der Waals surface area contributed by atoms with Crippen molar-refractivity contribution in [3.63, 3.8) is 0 Å². The molecular weight excluding hydrogens is 428 g/mol. The van der Waals surface area contributed by atoms with Crippen molar-refractivity contribution in [2.24, 2.45) is 17.8 Å². The molecule has 0 amide bonds. The van der Waals surface area contributed by atoms with E-state index in [9.17, 15) is 9.59 Å². The van der Waals surface area contributed by atoms with Crippen molar-refractivity contribution in [2.75, 3.05) is 13.2 Å². The molecule has 1 aliphatic heterocycles. The predicted molar refractivity (Wildman–Crippen MR) is 132 cm³/mol. The molecule has 3 aliphatic rings. The minimum absolute atomic E-state index is 0.0435. The number of aliphatic hydroxyl groups is 1. The van der Waals surface area contributed by atoms with Gasteiger partial charge in [-0.3, -0.25) is 9.59 Å². The van der Waals surface area contributed by atoms with Crippen LogP contribution in [0.5, 0.6) is 5.75 Å². The van der Waals surface area contributed by atoms with Crippen LogP contribution in [-0.2, 0) is 26.2 Å². The Morgan fingerprint density at radius 3 is 2.12 bits per heavy atom. The molecule has 0 bridgehead atoms. The molecule has 1 N–H and O–H groups in total. The summed E-state index contributed by atoms with van der Waals surface area (Å²) in [6.07, 6.45) is 9.75. The summed E-state index contributed by atoms with van der Waals surface area (Å²) in [5, 5.41) is 9.16. The Bertz CT molecular complexity index is 864. The number of carbonyl (C=O) groups excluding carboxylic acids is 2. The van der Waals surface area contributed by atoms with E-state index in [1.807, 2.05) is 19.1 Å². The first-order valence-electron chi connectivity index (χ1n) is 13.3. The predicted octanol–water partition coefficient (Wildman–Crippen LogP) is 5.46. The Morgan fingerprint density at radius 2 is 1.62 bits per heavy atom. The van der Waals surface area contributed by atoms with E-state index in [2.05, 4.69) is 20.8 Å². The Morgan fingerprint density at radius 1 is 1.03 bits per heavy atom. The molecule has 1 atom stereocenters. The molecule has 1 heterocycles. The maximum Gasteiger partial charge on any atom is 0.317 e. The molecule has 5 nitrogen and oxygen atoms in total. The first kappa shape index (κ1) is 25.2. The number of Topliss-reactive ketones (excluding diaryl/α,β-unsaturated/α-hetero) is 1. The third-order valence-electron chi connectivity index (χ3n) is 8.49. The summed E-state index contributed by atoms with van der Waals surface area (Å²) < 4.78 is 12.2. The number of aliphatic hydroxyl groups excluding tert-OH is 1. The lowest BCUT2D eigenvalue weighted by molar-refractivity contribution is -0.193. The normalized spacial score (nSPS) is 24.0. The van der Waals surface area contributed by atoms with Crippen LogP contribution in [0.3, 0.4) is 0 Å². The lowest BCUT2D eigenvalue weighted by atomic mass is 9.68. The van der Waals surface area contributed by atoms with Crippen LogP contribution in [0.1, 0.15) is 95.2 Å². The maximum atomic E-state index is 13.6. The molecule has 0 radical (unpaired) electrons. The zero-order valence-electron chi connectivity index (χ0n) is 21.5. The van der Waals surface area contributed by atoms with Crippen LogP contribution in [0.25, 0.3) is 0 Å². The molecule has 2 saturated carbocycles. The fraction of sp³-hybridized carbons (Fsp3) is 0.724. The number of aryl methyl sites for hydroxylation is 1. The second kappa shape index (κ2) is 10.0. The summed E-state index contributed by atoms with van der Waals surface area (Å²) in [5.41, 5.74) is 2.27. The van der Waals surface area contributed by atoms with Crippen molar-refractivity contribution >= 4 is 11.8 Å². The summed E-state index contributed by atoms with van der Waals surface area (Å²) in [7, 11) is 0. The number of ether oxygens (including phenoxy) is 2. The van der Waals surface area contributed by atoms with Gasteiger partial charge in [-0.1, -0.05) is 52.5 Å². The van der Waals surface area contributed by atoms with Gasteiger partial charge in [0.05, 0.1) is 6.61 Å². The number of ketones is 1. The number of esters is 1. The van der Waals surface area contributed by atoms with Gasteiger partial charge in [0.15, 0.2) is 5.78 Å². The highest BCUT2D eigenvalue weighted by Crippen LogP contribution is 2.51. The standard InChI is InChI=1S/C29H42O5/c1-19-15-20(24(28(2,3)4)17-26(19)33-14-13-30)16-23-25(31)18-29(34-27(23)32,21-9-5-6-10-21)22-11-7-8-12-22/h15,17,21-23,30H,5-14,16,18H2,1-4H3. The summed E-state index contributed by atoms with van der Waals surface area (Å²) in [4.78, 5) is 27.1. The van der Waals surface area contributed by atoms with Gasteiger partial charge >= 0.3 is 5.97 Å². The third kappa shape index (κ3) is 4.91. The van der Waals surface area contributed by atoms with Crippen LogP contribution in [-0.4, -0.2) is 35.7 Å². The lowest BCUT2D eigenvalue weighted by Crippen LogP contribution is -2.55. The lowest BCUT2D eigenvalue weighted by Gasteiger charge is -2.47. The third-order valence-corrected chi connectivity index (χ3v) is 8.49. The molecule has 1 unspecified atom stereocenters. The minimum atomic E-state index is -0.736. The second-order valence-electron chi connectivity index (χ2n) is 11.8. The van der Waals surface area contributed by atoms with Gasteiger partial charge in [-0.2, -0.15) is 0 Å². The second-order valence-corrected chi connectivity index (χ2v) is 11.8. The fourth-order valence-electron chi connectivity index (χ4n) is 6.78. The van der Waals surface area contributed by atoms with E-state index in [0.717, 1.165) is 48.1 Å². The van der Waals surface area contributed by atoms with E-state index in [1.54, 1.807) is 0 Å². The highest BCUT2D eigenvalue weighted by molar-refractivity contribution is 6.02. The molecule has 0 aromatic heterocycles. The molecule has 1 saturated heterocycles. The number of benzene rings is 1. The largest absolute Gasteiger partial charge is 0.491 e. The Hall–Kier alpha value is -1.88. The summed E-state index contributed by atoms with van der Waals surface area (Å²) in [6.45, 7) is 8.55. The minimum Gasteiger partial charge on any atom is -0.491 e. The zero-order valence-corrected chi connectivity index (χ0v) is 21.5. The summed E-state index contributed by atoms with van der Waals surface area (Å²) in [5.74, 6) is 0.420. The highest BCUT2D eigenvalue weighted by Gasteiger charge is 2.56. The topological polar surface area (TPSA) is 72.8 Å². The average molecular weight is 471 g/mol. The highest BCUT2D eigenvalue weighted by atomic mass is 16.6. The van der Waals surface area contributed by atoms with E-state index in [-0.39, 0.29) is 30.4 Å². The van der Waals surface area contributed by atoms with Crippen LogP contribution in [0.2, 0.25) is 0 Å². The van der Waals surface area contributed by atoms with E-state index >= 15 is 0 Å². The van der Waals surface area contributed by atoms with Gasteiger partial charge in [0, 0.05) is 6.42 Å². The molecule has 5 heteroatoms. The Balaban J connectivity index is 1.61. The van der Waals surface area contributed by atoms with Crippen molar-refractivity contribution in [3.05, 3.63) is 28.8 Å². The number of carbonyl (C=O) groups is 2. The smallest absolute Gasteiger partial charge is 0.317 e. The van der Waals surface area contributed by atoms with Gasteiger partial charge in [0.25, 0.3) is 0 Å². The SMILES string of the molecule is Cc1cc(CC2C(=O)CC(C3CCCC3)(C3CCCC3)OC2=O)c(C(C)(C)C)cc1OCCO. The average Bonchev–Trinajstić information content (AvgIpc) is 3.49. The molecule has 4 rings (SSSR count). The van der Waals surface area contributed by atoms with Gasteiger partial charge in [-0.25, -0.2) is 0 Å². The van der Waals surface area contributed by atoms with Crippen LogP contribution in [0.15, 0.2) is 12.1 Å². The molecule has 0 spiro atoms. The van der Waals surface area contributed by atoms with Crippen LogP contribution >= 0.6 is 0 Å². The van der Waals surface area contributed by atoms with E-state index < -0.39 is 11.5 Å².